The molecule has 0 radical (unpaired) electrons. The lowest BCUT2D eigenvalue weighted by atomic mass is 9.99. The monoisotopic (exact) mass is 294 g/mol. The molecule has 7 nitrogen and oxygen atoms in total. The lowest BCUT2D eigenvalue weighted by molar-refractivity contribution is -0.384. The SMILES string of the molecule is Cc1ccc([N+](=O)[O-])cc1C(=O)NC(CC(=O)O)C(C)C. The Bertz CT molecular complexity index is 568. The van der Waals surface area contributed by atoms with Crippen molar-refractivity contribution in [1.82, 2.24) is 5.32 Å². The number of nitro benzene ring substituents is 1. The van der Waals surface area contributed by atoms with Gasteiger partial charge in [-0.2, -0.15) is 0 Å². The highest BCUT2D eigenvalue weighted by Gasteiger charge is 2.22. The molecule has 0 spiro atoms. The summed E-state index contributed by atoms with van der Waals surface area (Å²) in [5.74, 6) is -1.58. The molecule has 0 saturated carbocycles. The molecule has 0 aliphatic heterocycles. The van der Waals surface area contributed by atoms with Gasteiger partial charge in [-0.15, -0.1) is 0 Å². The second kappa shape index (κ2) is 6.83. The van der Waals surface area contributed by atoms with Gasteiger partial charge in [0.15, 0.2) is 0 Å². The van der Waals surface area contributed by atoms with Crippen LogP contribution in [0.15, 0.2) is 18.2 Å². The van der Waals surface area contributed by atoms with Crippen LogP contribution >= 0.6 is 0 Å². The van der Waals surface area contributed by atoms with Crippen molar-refractivity contribution in [2.45, 2.75) is 33.2 Å². The van der Waals surface area contributed by atoms with Crippen LogP contribution in [-0.2, 0) is 4.79 Å². The smallest absolute Gasteiger partial charge is 0.305 e. The summed E-state index contributed by atoms with van der Waals surface area (Å²) in [7, 11) is 0. The number of nitrogens with one attached hydrogen (secondary N) is 1. The third kappa shape index (κ3) is 4.55. The second-order valence-corrected chi connectivity index (χ2v) is 5.18. The quantitative estimate of drug-likeness (QED) is 0.617. The molecule has 0 aliphatic carbocycles. The van der Waals surface area contributed by atoms with E-state index >= 15 is 0 Å². The van der Waals surface area contributed by atoms with Crippen LogP contribution in [0.3, 0.4) is 0 Å². The molecule has 21 heavy (non-hydrogen) atoms. The van der Waals surface area contributed by atoms with Gasteiger partial charge in [0, 0.05) is 23.7 Å². The first-order valence-corrected chi connectivity index (χ1v) is 6.50. The van der Waals surface area contributed by atoms with E-state index < -0.39 is 22.8 Å². The largest absolute Gasteiger partial charge is 0.481 e. The summed E-state index contributed by atoms with van der Waals surface area (Å²) < 4.78 is 0. The predicted octanol–water partition coefficient (Wildman–Crippen LogP) is 2.13. The number of amides is 1. The summed E-state index contributed by atoms with van der Waals surface area (Å²) in [5, 5.41) is 22.2. The number of carbonyl (C=O) groups is 2. The standard InChI is InChI=1S/C14H18N2O5/c1-8(2)12(7-13(17)18)15-14(19)11-6-10(16(20)21)5-4-9(11)3/h4-6,8,12H,7H2,1-3H3,(H,15,19)(H,17,18). The Labute approximate surface area is 122 Å². The highest BCUT2D eigenvalue weighted by atomic mass is 16.6. The van der Waals surface area contributed by atoms with Gasteiger partial charge in [0.25, 0.3) is 11.6 Å². The maximum Gasteiger partial charge on any atom is 0.305 e. The number of rotatable bonds is 6. The first kappa shape index (κ1) is 16.6. The number of hydrogen-bond donors (Lipinski definition) is 2. The average molecular weight is 294 g/mol. The summed E-state index contributed by atoms with van der Waals surface area (Å²) in [6.07, 6.45) is -0.197. The van der Waals surface area contributed by atoms with Crippen molar-refractivity contribution in [3.63, 3.8) is 0 Å². The molecule has 0 heterocycles. The molecule has 1 atom stereocenters. The minimum absolute atomic E-state index is 0.0657. The number of nitro groups is 1. The highest BCUT2D eigenvalue weighted by Crippen LogP contribution is 2.18. The molecule has 1 rings (SSSR count). The first-order chi connectivity index (χ1) is 9.72. The van der Waals surface area contributed by atoms with Gasteiger partial charge >= 0.3 is 5.97 Å². The van der Waals surface area contributed by atoms with Gasteiger partial charge in [0.05, 0.1) is 11.3 Å². The maximum absolute atomic E-state index is 12.2. The molecular formula is C14H18N2O5. The van der Waals surface area contributed by atoms with Crippen molar-refractivity contribution in [2.24, 2.45) is 5.92 Å². The van der Waals surface area contributed by atoms with Gasteiger partial charge in [0.2, 0.25) is 0 Å². The Hall–Kier alpha value is -2.44. The maximum atomic E-state index is 12.2. The number of carboxylic acid groups (broad SMARTS) is 1. The summed E-state index contributed by atoms with van der Waals surface area (Å²) in [6, 6.07) is 3.48. The second-order valence-electron chi connectivity index (χ2n) is 5.18. The van der Waals surface area contributed by atoms with Gasteiger partial charge in [0.1, 0.15) is 0 Å². The molecule has 0 aliphatic rings. The molecule has 1 aromatic rings. The Kier molecular flexibility index (Phi) is 5.40. The van der Waals surface area contributed by atoms with Crippen molar-refractivity contribution in [3.05, 3.63) is 39.4 Å². The molecule has 1 unspecified atom stereocenters. The van der Waals surface area contributed by atoms with Gasteiger partial charge in [-0.05, 0) is 18.4 Å². The molecule has 0 fully saturated rings. The zero-order chi connectivity index (χ0) is 16.2. The third-order valence-corrected chi connectivity index (χ3v) is 3.19. The van der Waals surface area contributed by atoms with Crippen LogP contribution in [0.4, 0.5) is 5.69 Å². The van der Waals surface area contributed by atoms with Crippen molar-refractivity contribution in [3.8, 4) is 0 Å². The molecule has 0 bridgehead atoms. The molecular weight excluding hydrogens is 276 g/mol. The van der Waals surface area contributed by atoms with E-state index in [1.807, 2.05) is 0 Å². The lowest BCUT2D eigenvalue weighted by Gasteiger charge is -2.21. The van der Waals surface area contributed by atoms with Crippen LogP contribution in [0.5, 0.6) is 0 Å². The van der Waals surface area contributed by atoms with Crippen LogP contribution in [0.25, 0.3) is 0 Å². The summed E-state index contributed by atoms with van der Waals surface area (Å²) >= 11 is 0. The molecule has 1 aromatic carbocycles. The Morgan fingerprint density at radius 1 is 1.38 bits per heavy atom. The van der Waals surface area contributed by atoms with Gasteiger partial charge in [-0.3, -0.25) is 19.7 Å². The number of carbonyl (C=O) groups excluding carboxylic acids is 1. The summed E-state index contributed by atoms with van der Waals surface area (Å²) in [6.45, 7) is 5.27. The van der Waals surface area contributed by atoms with Crippen molar-refractivity contribution in [1.29, 1.82) is 0 Å². The number of hydrogen-bond acceptors (Lipinski definition) is 4. The van der Waals surface area contributed by atoms with E-state index in [0.717, 1.165) is 0 Å². The molecule has 0 aromatic heterocycles. The molecule has 114 valence electrons. The zero-order valence-electron chi connectivity index (χ0n) is 12.1. The van der Waals surface area contributed by atoms with Crippen LogP contribution in [0.2, 0.25) is 0 Å². The minimum atomic E-state index is -1.01. The highest BCUT2D eigenvalue weighted by molar-refractivity contribution is 5.96. The number of aliphatic carboxylic acids is 1. The fourth-order valence-electron chi connectivity index (χ4n) is 1.86. The summed E-state index contributed by atoms with van der Waals surface area (Å²) in [4.78, 5) is 33.2. The van der Waals surface area contributed by atoms with E-state index in [0.29, 0.717) is 5.56 Å². The Morgan fingerprint density at radius 2 is 2.00 bits per heavy atom. The Balaban J connectivity index is 2.99. The molecule has 1 amide bonds. The van der Waals surface area contributed by atoms with Crippen LogP contribution < -0.4 is 5.32 Å². The topological polar surface area (TPSA) is 110 Å². The van der Waals surface area contributed by atoms with E-state index in [-0.39, 0.29) is 23.6 Å². The predicted molar refractivity (Wildman–Crippen MR) is 76.2 cm³/mol. The van der Waals surface area contributed by atoms with E-state index in [1.54, 1.807) is 20.8 Å². The first-order valence-electron chi connectivity index (χ1n) is 6.50. The van der Waals surface area contributed by atoms with Crippen molar-refractivity contribution < 1.29 is 19.6 Å². The number of non-ortho nitro benzene ring substituents is 1. The lowest BCUT2D eigenvalue weighted by Crippen LogP contribution is -2.40. The van der Waals surface area contributed by atoms with E-state index in [4.69, 9.17) is 5.11 Å². The zero-order valence-corrected chi connectivity index (χ0v) is 12.1. The van der Waals surface area contributed by atoms with Gasteiger partial charge < -0.3 is 10.4 Å². The van der Waals surface area contributed by atoms with Crippen LogP contribution in [0, 0.1) is 23.0 Å². The molecule has 2 N–H and O–H groups in total. The van der Waals surface area contributed by atoms with E-state index in [2.05, 4.69) is 5.32 Å². The number of nitrogens with zero attached hydrogens (tertiary/aromatic N) is 1. The van der Waals surface area contributed by atoms with Crippen LogP contribution in [0.1, 0.15) is 36.2 Å². The van der Waals surface area contributed by atoms with Gasteiger partial charge in [-0.1, -0.05) is 19.9 Å². The van der Waals surface area contributed by atoms with Gasteiger partial charge in [-0.25, -0.2) is 0 Å². The fraction of sp³-hybridized carbons (Fsp3) is 0.429. The van der Waals surface area contributed by atoms with E-state index in [1.165, 1.54) is 18.2 Å². The average Bonchev–Trinajstić information content (AvgIpc) is 2.37. The Morgan fingerprint density at radius 3 is 2.48 bits per heavy atom. The number of benzene rings is 1. The van der Waals surface area contributed by atoms with Crippen molar-refractivity contribution in [2.75, 3.05) is 0 Å². The number of aryl methyl sites for hydroxylation is 1. The summed E-state index contributed by atoms with van der Waals surface area (Å²) in [5.41, 5.74) is 0.598. The molecule has 7 heteroatoms. The van der Waals surface area contributed by atoms with E-state index in [9.17, 15) is 19.7 Å². The normalized spacial score (nSPS) is 12.0. The number of carboxylic acids is 1. The minimum Gasteiger partial charge on any atom is -0.481 e. The molecule has 0 saturated heterocycles. The third-order valence-electron chi connectivity index (χ3n) is 3.19. The fourth-order valence-corrected chi connectivity index (χ4v) is 1.86. The van der Waals surface area contributed by atoms with Crippen LogP contribution in [-0.4, -0.2) is 27.9 Å². The van der Waals surface area contributed by atoms with Crippen molar-refractivity contribution >= 4 is 17.6 Å².